The highest BCUT2D eigenvalue weighted by Crippen LogP contribution is 2.39. The number of amides is 1. The van der Waals surface area contributed by atoms with Crippen molar-refractivity contribution in [2.75, 3.05) is 19.1 Å². The number of benzene rings is 2. The Morgan fingerprint density at radius 1 is 1.04 bits per heavy atom. The smallest absolute Gasteiger partial charge is 0.331 e. The molecule has 6 nitrogen and oxygen atoms in total. The van der Waals surface area contributed by atoms with Gasteiger partial charge in [-0.2, -0.15) is 0 Å². The summed E-state index contributed by atoms with van der Waals surface area (Å²) in [7, 11) is 2.93. The van der Waals surface area contributed by atoms with Gasteiger partial charge in [0.2, 0.25) is 0 Å². The normalized spacial score (nSPS) is 14.3. The van der Waals surface area contributed by atoms with Crippen LogP contribution in [0.15, 0.2) is 48.5 Å². The lowest BCUT2D eigenvalue weighted by Gasteiger charge is -2.18. The summed E-state index contributed by atoms with van der Waals surface area (Å²) >= 11 is 0. The van der Waals surface area contributed by atoms with E-state index in [0.29, 0.717) is 33.7 Å². The van der Waals surface area contributed by atoms with Crippen LogP contribution >= 0.6 is 0 Å². The number of carbonyl (C=O) groups excluding carboxylic acids is 3. The van der Waals surface area contributed by atoms with Gasteiger partial charge in [0.25, 0.3) is 5.91 Å². The number of esters is 2. The van der Waals surface area contributed by atoms with Crippen LogP contribution in [0.4, 0.5) is 5.69 Å². The molecule has 132 valence electrons. The lowest BCUT2D eigenvalue weighted by Crippen LogP contribution is -2.26. The average molecular weight is 351 g/mol. The van der Waals surface area contributed by atoms with E-state index >= 15 is 0 Å². The van der Waals surface area contributed by atoms with Crippen LogP contribution in [-0.4, -0.2) is 32.0 Å². The number of nitrogens with zero attached hydrogens (tertiary/aromatic N) is 1. The SMILES string of the molecule is COC(=O)C=C1c2ccccc2C(=O)N(C)c2cc(OC(C)=O)ccc21. The zero-order valence-corrected chi connectivity index (χ0v) is 14.6. The Kier molecular flexibility index (Phi) is 4.58. The van der Waals surface area contributed by atoms with Gasteiger partial charge in [0.1, 0.15) is 5.75 Å². The summed E-state index contributed by atoms with van der Waals surface area (Å²) in [6.07, 6.45) is 1.36. The highest BCUT2D eigenvalue weighted by molar-refractivity contribution is 6.15. The van der Waals surface area contributed by atoms with Crippen LogP contribution in [0.3, 0.4) is 0 Å². The van der Waals surface area contributed by atoms with Crippen molar-refractivity contribution in [1.29, 1.82) is 0 Å². The molecule has 0 aromatic heterocycles. The fourth-order valence-corrected chi connectivity index (χ4v) is 2.92. The maximum absolute atomic E-state index is 12.9. The quantitative estimate of drug-likeness (QED) is 0.473. The molecule has 1 amide bonds. The summed E-state index contributed by atoms with van der Waals surface area (Å²) in [5.74, 6) is -0.891. The van der Waals surface area contributed by atoms with Crippen molar-refractivity contribution < 1.29 is 23.9 Å². The number of fused-ring (bicyclic) bond motifs is 2. The van der Waals surface area contributed by atoms with Gasteiger partial charge in [-0.05, 0) is 29.3 Å². The third-order valence-electron chi connectivity index (χ3n) is 4.10. The van der Waals surface area contributed by atoms with Gasteiger partial charge in [-0.1, -0.05) is 18.2 Å². The molecular formula is C20H17NO5. The zero-order valence-electron chi connectivity index (χ0n) is 14.6. The van der Waals surface area contributed by atoms with Gasteiger partial charge in [-0.15, -0.1) is 0 Å². The monoisotopic (exact) mass is 351 g/mol. The van der Waals surface area contributed by atoms with Crippen molar-refractivity contribution in [3.63, 3.8) is 0 Å². The van der Waals surface area contributed by atoms with Gasteiger partial charge in [-0.25, -0.2) is 4.79 Å². The highest BCUT2D eigenvalue weighted by atomic mass is 16.5. The average Bonchev–Trinajstić information content (AvgIpc) is 2.71. The lowest BCUT2D eigenvalue weighted by atomic mass is 9.94. The molecule has 0 radical (unpaired) electrons. The predicted molar refractivity (Wildman–Crippen MR) is 96.0 cm³/mol. The van der Waals surface area contributed by atoms with Gasteiger partial charge >= 0.3 is 11.9 Å². The van der Waals surface area contributed by atoms with Crippen LogP contribution in [0.5, 0.6) is 5.75 Å². The molecule has 1 aliphatic heterocycles. The fourth-order valence-electron chi connectivity index (χ4n) is 2.92. The van der Waals surface area contributed by atoms with E-state index in [1.165, 1.54) is 25.0 Å². The van der Waals surface area contributed by atoms with Crippen LogP contribution in [0.25, 0.3) is 5.57 Å². The Labute approximate surface area is 150 Å². The minimum absolute atomic E-state index is 0.227. The maximum Gasteiger partial charge on any atom is 0.331 e. The minimum atomic E-state index is -0.526. The fraction of sp³-hybridized carbons (Fsp3) is 0.150. The summed E-state index contributed by atoms with van der Waals surface area (Å²) < 4.78 is 9.90. The standard InChI is InChI=1S/C20H17NO5/c1-12(22)26-13-8-9-15-17(11-19(23)25-3)14-6-4-5-7-16(14)20(24)21(2)18(15)10-13/h4-11H,1-3H3. The topological polar surface area (TPSA) is 72.9 Å². The summed E-state index contributed by atoms with van der Waals surface area (Å²) in [4.78, 5) is 37.5. The van der Waals surface area contributed by atoms with Gasteiger partial charge < -0.3 is 14.4 Å². The van der Waals surface area contributed by atoms with Crippen LogP contribution in [0.1, 0.15) is 28.4 Å². The van der Waals surface area contributed by atoms with Crippen LogP contribution in [-0.2, 0) is 14.3 Å². The summed E-state index contributed by atoms with van der Waals surface area (Å²) in [5, 5.41) is 0. The second kappa shape index (κ2) is 6.84. The van der Waals surface area contributed by atoms with Crippen molar-refractivity contribution in [1.82, 2.24) is 0 Å². The Balaban J connectivity index is 2.29. The van der Waals surface area contributed by atoms with E-state index in [1.54, 1.807) is 49.5 Å². The molecule has 0 unspecified atom stereocenters. The van der Waals surface area contributed by atoms with Gasteiger partial charge in [0, 0.05) is 37.2 Å². The third kappa shape index (κ3) is 3.09. The molecule has 0 saturated carbocycles. The number of carbonyl (C=O) groups is 3. The van der Waals surface area contributed by atoms with Crippen molar-refractivity contribution in [3.05, 3.63) is 65.2 Å². The van der Waals surface area contributed by atoms with E-state index in [2.05, 4.69) is 0 Å². The number of hydrogen-bond acceptors (Lipinski definition) is 5. The molecule has 2 aromatic carbocycles. The Hall–Kier alpha value is -3.41. The largest absolute Gasteiger partial charge is 0.466 e. The number of anilines is 1. The Bertz CT molecular complexity index is 945. The first kappa shape index (κ1) is 17.4. The van der Waals surface area contributed by atoms with Crippen LogP contribution < -0.4 is 9.64 Å². The van der Waals surface area contributed by atoms with Crippen molar-refractivity contribution in [2.45, 2.75) is 6.92 Å². The molecule has 1 heterocycles. The first-order valence-corrected chi connectivity index (χ1v) is 7.92. The summed E-state index contributed by atoms with van der Waals surface area (Å²) in [6, 6.07) is 12.0. The zero-order chi connectivity index (χ0) is 18.8. The molecule has 0 atom stereocenters. The number of rotatable bonds is 2. The van der Waals surface area contributed by atoms with Gasteiger partial charge in [0.05, 0.1) is 12.8 Å². The number of ether oxygens (including phenoxy) is 2. The minimum Gasteiger partial charge on any atom is -0.466 e. The van der Waals surface area contributed by atoms with E-state index in [9.17, 15) is 14.4 Å². The molecule has 0 saturated heterocycles. The molecule has 6 heteroatoms. The first-order chi connectivity index (χ1) is 12.4. The van der Waals surface area contributed by atoms with E-state index in [0.717, 1.165) is 0 Å². The highest BCUT2D eigenvalue weighted by Gasteiger charge is 2.28. The summed E-state index contributed by atoms with van der Waals surface area (Å²) in [5.41, 5.74) is 2.85. The second-order valence-electron chi connectivity index (χ2n) is 5.76. The van der Waals surface area contributed by atoms with Crippen LogP contribution in [0.2, 0.25) is 0 Å². The molecule has 0 N–H and O–H groups in total. The van der Waals surface area contributed by atoms with Crippen molar-refractivity contribution in [3.8, 4) is 5.75 Å². The molecule has 0 bridgehead atoms. The Morgan fingerprint density at radius 2 is 1.73 bits per heavy atom. The molecule has 1 aliphatic rings. The molecular weight excluding hydrogens is 334 g/mol. The lowest BCUT2D eigenvalue weighted by molar-refractivity contribution is -0.135. The maximum atomic E-state index is 12.9. The number of methoxy groups -OCH3 is 1. The van der Waals surface area contributed by atoms with Gasteiger partial charge in [0.15, 0.2) is 0 Å². The van der Waals surface area contributed by atoms with Crippen LogP contribution in [0, 0.1) is 0 Å². The Morgan fingerprint density at radius 3 is 2.38 bits per heavy atom. The van der Waals surface area contributed by atoms with Crippen molar-refractivity contribution >= 4 is 29.1 Å². The molecule has 26 heavy (non-hydrogen) atoms. The first-order valence-electron chi connectivity index (χ1n) is 7.92. The van der Waals surface area contributed by atoms with E-state index in [4.69, 9.17) is 9.47 Å². The van der Waals surface area contributed by atoms with E-state index in [-0.39, 0.29) is 5.91 Å². The summed E-state index contributed by atoms with van der Waals surface area (Å²) in [6.45, 7) is 1.30. The molecule has 3 rings (SSSR count). The number of hydrogen-bond donors (Lipinski definition) is 0. The molecule has 2 aromatic rings. The van der Waals surface area contributed by atoms with Gasteiger partial charge in [-0.3, -0.25) is 9.59 Å². The molecule has 0 spiro atoms. The van der Waals surface area contributed by atoms with Crippen molar-refractivity contribution in [2.24, 2.45) is 0 Å². The molecule has 0 aliphatic carbocycles. The predicted octanol–water partition coefficient (Wildman–Crippen LogP) is 2.81. The third-order valence-corrected chi connectivity index (χ3v) is 4.10. The van der Waals surface area contributed by atoms with E-state index in [1.807, 2.05) is 0 Å². The van der Waals surface area contributed by atoms with E-state index < -0.39 is 11.9 Å². The second-order valence-corrected chi connectivity index (χ2v) is 5.76. The molecule has 0 fully saturated rings.